The zero-order valence-corrected chi connectivity index (χ0v) is 16.9. The van der Waals surface area contributed by atoms with Crippen LogP contribution in [-0.4, -0.2) is 24.0 Å². The Morgan fingerprint density at radius 1 is 1.00 bits per heavy atom. The van der Waals surface area contributed by atoms with E-state index < -0.39 is 0 Å². The number of rotatable bonds is 6. The van der Waals surface area contributed by atoms with Crippen molar-refractivity contribution in [3.8, 4) is 5.75 Å². The topological polar surface area (TPSA) is 92.6 Å². The molecule has 0 saturated carbocycles. The number of anilines is 2. The molecule has 0 saturated heterocycles. The molecule has 0 aliphatic heterocycles. The summed E-state index contributed by atoms with van der Waals surface area (Å²) in [5.41, 5.74) is 1.92. The quantitative estimate of drug-likeness (QED) is 0.411. The van der Waals surface area contributed by atoms with Crippen molar-refractivity contribution < 1.29 is 18.7 Å². The minimum atomic E-state index is -0.388. The molecule has 0 unspecified atom stereocenters. The van der Waals surface area contributed by atoms with Crippen molar-refractivity contribution in [3.05, 3.63) is 84.3 Å². The minimum absolute atomic E-state index is 0.124. The Labute approximate surface area is 178 Å². The molecule has 8 heteroatoms. The molecule has 2 amide bonds. The first-order chi connectivity index (χ1) is 14.5. The van der Waals surface area contributed by atoms with Gasteiger partial charge in [0.25, 0.3) is 5.91 Å². The summed E-state index contributed by atoms with van der Waals surface area (Å²) in [6.07, 6.45) is 4.43. The molecular formula is C22H19N3O4S. The van der Waals surface area contributed by atoms with Gasteiger partial charge in [0.1, 0.15) is 5.75 Å². The van der Waals surface area contributed by atoms with Gasteiger partial charge in [0.05, 0.1) is 13.4 Å². The molecule has 0 spiro atoms. The summed E-state index contributed by atoms with van der Waals surface area (Å²) in [5.74, 6) is 0.115. The van der Waals surface area contributed by atoms with Crippen molar-refractivity contribution in [1.82, 2.24) is 5.32 Å². The Morgan fingerprint density at radius 2 is 1.77 bits per heavy atom. The average Bonchev–Trinajstić information content (AvgIpc) is 3.27. The SMILES string of the molecule is COc1ccccc1/C=C/C(=O)NC(=S)Nc1cccc(NC(=O)c2ccco2)c1. The molecule has 3 rings (SSSR count). The van der Waals surface area contributed by atoms with E-state index >= 15 is 0 Å². The number of hydrogen-bond donors (Lipinski definition) is 3. The third-order valence-corrected chi connectivity index (χ3v) is 4.12. The van der Waals surface area contributed by atoms with E-state index in [0.29, 0.717) is 17.1 Å². The van der Waals surface area contributed by atoms with E-state index in [9.17, 15) is 9.59 Å². The summed E-state index contributed by atoms with van der Waals surface area (Å²) >= 11 is 5.18. The monoisotopic (exact) mass is 421 g/mol. The van der Waals surface area contributed by atoms with E-state index in [1.807, 2.05) is 18.2 Å². The summed E-state index contributed by atoms with van der Waals surface area (Å²) in [6.45, 7) is 0. The van der Waals surface area contributed by atoms with Crippen molar-refractivity contribution >= 4 is 46.6 Å². The molecule has 3 aromatic rings. The molecule has 152 valence electrons. The van der Waals surface area contributed by atoms with Gasteiger partial charge in [-0.05, 0) is 54.7 Å². The number of para-hydroxylation sites is 1. The smallest absolute Gasteiger partial charge is 0.291 e. The molecule has 0 aliphatic carbocycles. The van der Waals surface area contributed by atoms with Crippen molar-refractivity contribution in [2.45, 2.75) is 0 Å². The van der Waals surface area contributed by atoms with Crippen LogP contribution in [0.4, 0.5) is 11.4 Å². The van der Waals surface area contributed by atoms with Gasteiger partial charge in [0.15, 0.2) is 10.9 Å². The number of furan rings is 1. The van der Waals surface area contributed by atoms with E-state index in [4.69, 9.17) is 21.4 Å². The van der Waals surface area contributed by atoms with Gasteiger partial charge in [-0.2, -0.15) is 0 Å². The highest BCUT2D eigenvalue weighted by Gasteiger charge is 2.09. The minimum Gasteiger partial charge on any atom is -0.496 e. The fourth-order valence-electron chi connectivity index (χ4n) is 2.56. The summed E-state index contributed by atoms with van der Waals surface area (Å²) in [6, 6.07) is 17.5. The molecular weight excluding hydrogens is 402 g/mol. The lowest BCUT2D eigenvalue weighted by Crippen LogP contribution is -2.32. The first-order valence-electron chi connectivity index (χ1n) is 8.93. The van der Waals surface area contributed by atoms with Gasteiger partial charge in [0, 0.05) is 23.0 Å². The van der Waals surface area contributed by atoms with Crippen LogP contribution in [0.15, 0.2) is 77.4 Å². The summed E-state index contributed by atoms with van der Waals surface area (Å²) in [7, 11) is 1.57. The van der Waals surface area contributed by atoms with Crippen LogP contribution in [0.2, 0.25) is 0 Å². The summed E-state index contributed by atoms with van der Waals surface area (Å²) in [4.78, 5) is 24.2. The third kappa shape index (κ3) is 5.79. The average molecular weight is 421 g/mol. The van der Waals surface area contributed by atoms with Gasteiger partial charge in [-0.15, -0.1) is 0 Å². The fourth-order valence-corrected chi connectivity index (χ4v) is 2.78. The normalized spacial score (nSPS) is 10.4. The van der Waals surface area contributed by atoms with Crippen LogP contribution in [0.3, 0.4) is 0 Å². The van der Waals surface area contributed by atoms with Gasteiger partial charge < -0.3 is 19.8 Å². The number of amides is 2. The molecule has 7 nitrogen and oxygen atoms in total. The van der Waals surface area contributed by atoms with Gasteiger partial charge in [0.2, 0.25) is 5.91 Å². The van der Waals surface area contributed by atoms with E-state index in [0.717, 1.165) is 5.56 Å². The maximum atomic E-state index is 12.1. The van der Waals surface area contributed by atoms with E-state index in [-0.39, 0.29) is 22.7 Å². The van der Waals surface area contributed by atoms with Crippen LogP contribution in [0.5, 0.6) is 5.75 Å². The van der Waals surface area contributed by atoms with Crippen LogP contribution < -0.4 is 20.7 Å². The standard InChI is InChI=1S/C22H19N3O4S/c1-28-18-9-3-2-6-15(18)11-12-20(26)25-22(30)24-17-8-4-7-16(14-17)23-21(27)19-10-5-13-29-19/h2-14H,1H3,(H,23,27)(H2,24,25,26,30)/b12-11+. The third-order valence-electron chi connectivity index (χ3n) is 3.91. The largest absolute Gasteiger partial charge is 0.496 e. The van der Waals surface area contributed by atoms with Crippen molar-refractivity contribution in [1.29, 1.82) is 0 Å². The second-order valence-corrected chi connectivity index (χ2v) is 6.44. The maximum absolute atomic E-state index is 12.1. The zero-order valence-electron chi connectivity index (χ0n) is 16.0. The fraction of sp³-hybridized carbons (Fsp3) is 0.0455. The first kappa shape index (κ1) is 20.8. The lowest BCUT2D eigenvalue weighted by atomic mass is 10.2. The molecule has 0 bridgehead atoms. The highest BCUT2D eigenvalue weighted by molar-refractivity contribution is 7.80. The number of nitrogens with one attached hydrogen (secondary N) is 3. The zero-order chi connectivity index (χ0) is 21.3. The Hall–Kier alpha value is -3.91. The second-order valence-electron chi connectivity index (χ2n) is 6.03. The van der Waals surface area contributed by atoms with Crippen LogP contribution in [0.1, 0.15) is 16.1 Å². The van der Waals surface area contributed by atoms with Gasteiger partial charge in [-0.1, -0.05) is 24.3 Å². The van der Waals surface area contributed by atoms with Crippen LogP contribution in [0.25, 0.3) is 6.08 Å². The summed E-state index contributed by atoms with van der Waals surface area (Å²) < 4.78 is 10.3. The van der Waals surface area contributed by atoms with Crippen molar-refractivity contribution in [2.75, 3.05) is 17.7 Å². The lowest BCUT2D eigenvalue weighted by Gasteiger charge is -2.10. The van der Waals surface area contributed by atoms with Crippen molar-refractivity contribution in [2.24, 2.45) is 0 Å². The predicted octanol–water partition coefficient (Wildman–Crippen LogP) is 4.07. The number of hydrogen-bond acceptors (Lipinski definition) is 5. The predicted molar refractivity (Wildman–Crippen MR) is 119 cm³/mol. The Morgan fingerprint density at radius 3 is 2.50 bits per heavy atom. The number of thiocarbonyl (C=S) groups is 1. The van der Waals surface area contributed by atoms with Gasteiger partial charge in [-0.3, -0.25) is 14.9 Å². The van der Waals surface area contributed by atoms with E-state index in [2.05, 4.69) is 16.0 Å². The number of ether oxygens (including phenoxy) is 1. The molecule has 0 radical (unpaired) electrons. The number of carbonyl (C=O) groups is 2. The highest BCUT2D eigenvalue weighted by atomic mass is 32.1. The van der Waals surface area contributed by atoms with E-state index in [1.165, 1.54) is 12.3 Å². The molecule has 1 aromatic heterocycles. The first-order valence-corrected chi connectivity index (χ1v) is 9.34. The molecule has 30 heavy (non-hydrogen) atoms. The van der Waals surface area contributed by atoms with Crippen LogP contribution >= 0.6 is 12.2 Å². The number of carbonyl (C=O) groups excluding carboxylic acids is 2. The molecule has 1 heterocycles. The lowest BCUT2D eigenvalue weighted by molar-refractivity contribution is -0.115. The second kappa shape index (κ2) is 10.0. The molecule has 0 atom stereocenters. The number of benzene rings is 2. The van der Waals surface area contributed by atoms with Gasteiger partial charge in [-0.25, -0.2) is 0 Å². The van der Waals surface area contributed by atoms with Crippen LogP contribution in [0, 0.1) is 0 Å². The Bertz CT molecular complexity index is 1080. The maximum Gasteiger partial charge on any atom is 0.291 e. The molecule has 3 N–H and O–H groups in total. The highest BCUT2D eigenvalue weighted by Crippen LogP contribution is 2.19. The Balaban J connectivity index is 1.56. The Kier molecular flexibility index (Phi) is 6.96. The van der Waals surface area contributed by atoms with Gasteiger partial charge >= 0.3 is 0 Å². The van der Waals surface area contributed by atoms with Crippen molar-refractivity contribution in [3.63, 3.8) is 0 Å². The molecule has 0 aliphatic rings. The van der Waals surface area contributed by atoms with Crippen LogP contribution in [-0.2, 0) is 4.79 Å². The molecule has 0 fully saturated rings. The number of methoxy groups -OCH3 is 1. The summed E-state index contributed by atoms with van der Waals surface area (Å²) in [5, 5.41) is 8.32. The molecule has 2 aromatic carbocycles. The van der Waals surface area contributed by atoms with E-state index in [1.54, 1.807) is 55.7 Å².